The molecule has 0 fully saturated rings. The Morgan fingerprint density at radius 2 is 1.90 bits per heavy atom. The fraction of sp³-hybridized carbons (Fsp3) is 0.214. The largest absolute Gasteiger partial charge is 0.481 e. The number of nitrogens with two attached hydrogens (primary N) is 1. The van der Waals surface area contributed by atoms with Crippen LogP contribution in [0.15, 0.2) is 40.8 Å². The maximum atomic E-state index is 12.9. The average molecular weight is 299 g/mol. The molecule has 0 aliphatic heterocycles. The van der Waals surface area contributed by atoms with Crippen LogP contribution in [0.5, 0.6) is 0 Å². The van der Waals surface area contributed by atoms with E-state index in [4.69, 9.17) is 15.3 Å². The minimum Gasteiger partial charge on any atom is -0.481 e. The van der Waals surface area contributed by atoms with E-state index >= 15 is 0 Å². The number of furan rings is 1. The van der Waals surface area contributed by atoms with Gasteiger partial charge in [0.25, 0.3) is 0 Å². The molecule has 21 heavy (non-hydrogen) atoms. The van der Waals surface area contributed by atoms with Crippen LogP contribution in [0.25, 0.3) is 11.3 Å². The SMILES string of the molecule is N[C@H](CC(=O)O)c1ccc(-c2ccccc2C(F)(F)F)o1. The highest BCUT2D eigenvalue weighted by atomic mass is 19.4. The van der Waals surface area contributed by atoms with Crippen LogP contribution in [-0.2, 0) is 11.0 Å². The minimum atomic E-state index is -4.51. The highest BCUT2D eigenvalue weighted by Gasteiger charge is 2.34. The zero-order valence-electron chi connectivity index (χ0n) is 10.7. The second-order valence-corrected chi connectivity index (χ2v) is 4.45. The average Bonchev–Trinajstić information content (AvgIpc) is 2.86. The number of carboxylic acids is 1. The molecule has 112 valence electrons. The fourth-order valence-corrected chi connectivity index (χ4v) is 1.93. The molecule has 0 unspecified atom stereocenters. The van der Waals surface area contributed by atoms with Crippen molar-refractivity contribution in [3.05, 3.63) is 47.7 Å². The number of carbonyl (C=O) groups is 1. The number of rotatable bonds is 4. The number of alkyl halides is 3. The summed E-state index contributed by atoms with van der Waals surface area (Å²) in [4.78, 5) is 10.6. The third-order valence-corrected chi connectivity index (χ3v) is 2.88. The molecule has 1 aromatic heterocycles. The van der Waals surface area contributed by atoms with Crippen molar-refractivity contribution in [1.29, 1.82) is 0 Å². The molecule has 0 saturated heterocycles. The molecule has 2 aromatic rings. The number of aliphatic carboxylic acids is 1. The van der Waals surface area contributed by atoms with E-state index in [9.17, 15) is 18.0 Å². The maximum absolute atomic E-state index is 12.9. The van der Waals surface area contributed by atoms with Gasteiger partial charge in [0.1, 0.15) is 11.5 Å². The van der Waals surface area contributed by atoms with Crippen molar-refractivity contribution in [2.24, 2.45) is 5.73 Å². The van der Waals surface area contributed by atoms with Crippen molar-refractivity contribution in [3.63, 3.8) is 0 Å². The zero-order valence-corrected chi connectivity index (χ0v) is 10.7. The molecule has 0 amide bonds. The third kappa shape index (κ3) is 3.43. The summed E-state index contributed by atoms with van der Waals surface area (Å²) in [5.74, 6) is -0.987. The van der Waals surface area contributed by atoms with Crippen molar-refractivity contribution < 1.29 is 27.5 Å². The molecule has 1 heterocycles. The molecule has 0 radical (unpaired) electrons. The van der Waals surface area contributed by atoms with Gasteiger partial charge in [-0.15, -0.1) is 0 Å². The second-order valence-electron chi connectivity index (χ2n) is 4.45. The van der Waals surface area contributed by atoms with Gasteiger partial charge in [0, 0.05) is 5.56 Å². The van der Waals surface area contributed by atoms with E-state index in [1.165, 1.54) is 30.3 Å². The number of hydrogen-bond donors (Lipinski definition) is 2. The van der Waals surface area contributed by atoms with E-state index in [2.05, 4.69) is 0 Å². The molecule has 0 aliphatic rings. The predicted molar refractivity (Wildman–Crippen MR) is 68.3 cm³/mol. The summed E-state index contributed by atoms with van der Waals surface area (Å²) in [5.41, 5.74) is 4.68. The van der Waals surface area contributed by atoms with Gasteiger partial charge < -0.3 is 15.3 Å². The Kier molecular flexibility index (Phi) is 4.04. The van der Waals surface area contributed by atoms with Crippen LogP contribution >= 0.6 is 0 Å². The first kappa shape index (κ1) is 15.1. The molecule has 3 N–H and O–H groups in total. The number of carboxylic acid groups (broad SMARTS) is 1. The Morgan fingerprint density at radius 1 is 1.24 bits per heavy atom. The van der Waals surface area contributed by atoms with Crippen LogP contribution < -0.4 is 5.73 Å². The van der Waals surface area contributed by atoms with E-state index in [1.54, 1.807) is 0 Å². The van der Waals surface area contributed by atoms with E-state index in [-0.39, 0.29) is 23.5 Å². The summed E-state index contributed by atoms with van der Waals surface area (Å²) < 4.78 is 44.1. The second kappa shape index (κ2) is 5.61. The monoisotopic (exact) mass is 299 g/mol. The minimum absolute atomic E-state index is 0.00114. The molecule has 0 aliphatic carbocycles. The lowest BCUT2D eigenvalue weighted by Crippen LogP contribution is -2.14. The van der Waals surface area contributed by atoms with Gasteiger partial charge in [-0.25, -0.2) is 0 Å². The maximum Gasteiger partial charge on any atom is 0.417 e. The van der Waals surface area contributed by atoms with Gasteiger partial charge in [-0.2, -0.15) is 13.2 Å². The van der Waals surface area contributed by atoms with Crippen molar-refractivity contribution in [1.82, 2.24) is 0 Å². The van der Waals surface area contributed by atoms with Gasteiger partial charge in [-0.1, -0.05) is 18.2 Å². The quantitative estimate of drug-likeness (QED) is 0.906. The zero-order chi connectivity index (χ0) is 15.6. The molecule has 0 saturated carbocycles. The summed E-state index contributed by atoms with van der Waals surface area (Å²) in [5, 5.41) is 8.65. The van der Waals surface area contributed by atoms with Gasteiger partial charge in [-0.05, 0) is 18.2 Å². The first-order chi connectivity index (χ1) is 9.79. The molecule has 1 aromatic carbocycles. The van der Waals surface area contributed by atoms with E-state index in [0.717, 1.165) is 6.07 Å². The summed E-state index contributed by atoms with van der Waals surface area (Å²) in [6.07, 6.45) is -4.87. The smallest absolute Gasteiger partial charge is 0.417 e. The molecule has 7 heteroatoms. The lowest BCUT2D eigenvalue weighted by atomic mass is 10.1. The Morgan fingerprint density at radius 3 is 2.52 bits per heavy atom. The first-order valence-electron chi connectivity index (χ1n) is 6.02. The van der Waals surface area contributed by atoms with Crippen LogP contribution in [0.2, 0.25) is 0 Å². The standard InChI is InChI=1S/C14H12F3NO3/c15-14(16,17)9-4-2-1-3-8(9)11-5-6-12(21-11)10(18)7-13(19)20/h1-6,10H,7,18H2,(H,19,20)/t10-/m1/s1. The van der Waals surface area contributed by atoms with Gasteiger partial charge in [0.05, 0.1) is 18.0 Å². The predicted octanol–water partition coefficient (Wildman–Crippen LogP) is 3.44. The summed E-state index contributed by atoms with van der Waals surface area (Å²) in [6, 6.07) is 6.81. The molecular formula is C14H12F3NO3. The number of benzene rings is 1. The number of halogens is 3. The van der Waals surface area contributed by atoms with Crippen molar-refractivity contribution >= 4 is 5.97 Å². The van der Waals surface area contributed by atoms with Crippen molar-refractivity contribution in [3.8, 4) is 11.3 Å². The Balaban J connectivity index is 2.37. The summed E-state index contributed by atoms with van der Waals surface area (Å²) in [7, 11) is 0. The topological polar surface area (TPSA) is 76.5 Å². The van der Waals surface area contributed by atoms with Gasteiger partial charge in [-0.3, -0.25) is 4.79 Å². The van der Waals surface area contributed by atoms with Crippen LogP contribution in [0.4, 0.5) is 13.2 Å². The molecule has 0 bridgehead atoms. The van der Waals surface area contributed by atoms with Gasteiger partial charge in [0.15, 0.2) is 0 Å². The van der Waals surface area contributed by atoms with E-state index in [0.29, 0.717) is 0 Å². The highest BCUT2D eigenvalue weighted by molar-refractivity contribution is 5.68. The van der Waals surface area contributed by atoms with Crippen molar-refractivity contribution in [2.45, 2.75) is 18.6 Å². The van der Waals surface area contributed by atoms with Crippen molar-refractivity contribution in [2.75, 3.05) is 0 Å². The van der Waals surface area contributed by atoms with E-state index in [1.807, 2.05) is 0 Å². The lowest BCUT2D eigenvalue weighted by Gasteiger charge is -2.11. The Hall–Kier alpha value is -2.28. The first-order valence-corrected chi connectivity index (χ1v) is 6.02. The Bertz CT molecular complexity index is 649. The van der Waals surface area contributed by atoms with E-state index < -0.39 is 23.8 Å². The fourth-order valence-electron chi connectivity index (χ4n) is 1.93. The van der Waals surface area contributed by atoms with Crippen LogP contribution in [0.1, 0.15) is 23.8 Å². The third-order valence-electron chi connectivity index (χ3n) is 2.88. The molecule has 1 atom stereocenters. The van der Waals surface area contributed by atoms with Gasteiger partial charge >= 0.3 is 12.1 Å². The Labute approximate surface area is 118 Å². The summed E-state index contributed by atoms with van der Waals surface area (Å²) >= 11 is 0. The molecule has 4 nitrogen and oxygen atoms in total. The van der Waals surface area contributed by atoms with Crippen LogP contribution in [0, 0.1) is 0 Å². The highest BCUT2D eigenvalue weighted by Crippen LogP contribution is 2.37. The molecule has 2 rings (SSSR count). The number of hydrogen-bond acceptors (Lipinski definition) is 3. The van der Waals surface area contributed by atoms with Crippen LogP contribution in [0.3, 0.4) is 0 Å². The normalized spacial score (nSPS) is 13.1. The van der Waals surface area contributed by atoms with Gasteiger partial charge in [0.2, 0.25) is 0 Å². The summed E-state index contributed by atoms with van der Waals surface area (Å²) in [6.45, 7) is 0. The molecular weight excluding hydrogens is 287 g/mol. The lowest BCUT2D eigenvalue weighted by molar-refractivity contribution is -0.138. The molecule has 0 spiro atoms. The van der Waals surface area contributed by atoms with Crippen LogP contribution in [-0.4, -0.2) is 11.1 Å².